The van der Waals surface area contributed by atoms with Gasteiger partial charge in [0.05, 0.1) is 11.4 Å². The van der Waals surface area contributed by atoms with E-state index in [2.05, 4.69) is 20.5 Å². The molecule has 3 rings (SSSR count). The predicted molar refractivity (Wildman–Crippen MR) is 99.2 cm³/mol. The van der Waals surface area contributed by atoms with Crippen LogP contribution in [0.3, 0.4) is 0 Å². The minimum Gasteiger partial charge on any atom is -0.261 e. The van der Waals surface area contributed by atoms with Gasteiger partial charge in [0.15, 0.2) is 5.82 Å². The average Bonchev–Trinajstić information content (AvgIpc) is 2.60. The lowest BCUT2D eigenvalue weighted by Crippen LogP contribution is -2.03. The van der Waals surface area contributed by atoms with Crippen molar-refractivity contribution in [2.24, 2.45) is 5.10 Å². The molecule has 0 saturated heterocycles. The normalized spacial score (nSPS) is 11.4. The van der Waals surface area contributed by atoms with Crippen molar-refractivity contribution in [2.45, 2.75) is 20.8 Å². The first-order valence-corrected chi connectivity index (χ1v) is 8.01. The molecule has 0 fully saturated rings. The van der Waals surface area contributed by atoms with Crippen LogP contribution in [0.2, 0.25) is 0 Å². The average molecular weight is 334 g/mol. The molecule has 0 aliphatic carbocycles. The molecule has 0 atom stereocenters. The van der Waals surface area contributed by atoms with Gasteiger partial charge in [0.2, 0.25) is 0 Å². The highest BCUT2D eigenvalue weighted by Crippen LogP contribution is 2.22. The molecule has 0 amide bonds. The summed E-state index contributed by atoms with van der Waals surface area (Å²) in [7, 11) is 0. The van der Waals surface area contributed by atoms with E-state index in [9.17, 15) is 4.39 Å². The summed E-state index contributed by atoms with van der Waals surface area (Å²) in [6.45, 7) is 5.73. The number of anilines is 1. The summed E-state index contributed by atoms with van der Waals surface area (Å²) < 4.78 is 14.0. The van der Waals surface area contributed by atoms with Gasteiger partial charge in [-0.05, 0) is 38.5 Å². The lowest BCUT2D eigenvalue weighted by atomic mass is 10.1. The lowest BCUT2D eigenvalue weighted by molar-refractivity contribution is 0.630. The smallest absolute Gasteiger partial charge is 0.150 e. The first kappa shape index (κ1) is 16.8. The highest BCUT2D eigenvalue weighted by atomic mass is 19.1. The molecule has 1 aromatic heterocycles. The Morgan fingerprint density at radius 3 is 2.44 bits per heavy atom. The maximum Gasteiger partial charge on any atom is 0.150 e. The Morgan fingerprint density at radius 2 is 1.72 bits per heavy atom. The molecule has 0 aliphatic heterocycles. The van der Waals surface area contributed by atoms with E-state index in [-0.39, 0.29) is 5.82 Å². The highest BCUT2D eigenvalue weighted by Gasteiger charge is 2.08. The van der Waals surface area contributed by atoms with Crippen LogP contribution < -0.4 is 5.43 Å². The zero-order valence-electron chi connectivity index (χ0n) is 14.4. The van der Waals surface area contributed by atoms with Crippen molar-refractivity contribution in [3.63, 3.8) is 0 Å². The minimum absolute atomic E-state index is 0.314. The van der Waals surface area contributed by atoms with Gasteiger partial charge in [0.1, 0.15) is 11.6 Å². The third-order valence-corrected chi connectivity index (χ3v) is 3.80. The van der Waals surface area contributed by atoms with Gasteiger partial charge in [-0.25, -0.2) is 14.4 Å². The number of benzene rings is 2. The molecule has 2 aromatic carbocycles. The van der Waals surface area contributed by atoms with Crippen LogP contribution in [0.25, 0.3) is 11.3 Å². The van der Waals surface area contributed by atoms with Crippen molar-refractivity contribution in [3.8, 4) is 11.3 Å². The fourth-order valence-electron chi connectivity index (χ4n) is 2.43. The van der Waals surface area contributed by atoms with Crippen LogP contribution in [0.4, 0.5) is 10.2 Å². The highest BCUT2D eigenvalue weighted by molar-refractivity contribution is 5.99. The van der Waals surface area contributed by atoms with Crippen molar-refractivity contribution < 1.29 is 4.39 Å². The molecular formula is C20H19FN4. The van der Waals surface area contributed by atoms with Gasteiger partial charge in [-0.1, -0.05) is 42.0 Å². The molecule has 1 N–H and O–H groups in total. The van der Waals surface area contributed by atoms with Crippen LogP contribution in [0.15, 0.2) is 59.7 Å². The quantitative estimate of drug-likeness (QED) is 0.554. The van der Waals surface area contributed by atoms with Gasteiger partial charge in [-0.2, -0.15) is 5.10 Å². The van der Waals surface area contributed by atoms with Crippen molar-refractivity contribution in [1.82, 2.24) is 9.97 Å². The maximum absolute atomic E-state index is 14.0. The van der Waals surface area contributed by atoms with Crippen LogP contribution in [0.5, 0.6) is 0 Å². The van der Waals surface area contributed by atoms with Crippen molar-refractivity contribution in [2.75, 3.05) is 5.43 Å². The molecule has 0 aliphatic rings. The van der Waals surface area contributed by atoms with Crippen LogP contribution in [0.1, 0.15) is 23.9 Å². The predicted octanol–water partition coefficient (Wildman–Crippen LogP) is 4.74. The molecule has 5 heteroatoms. The Bertz CT molecular complexity index is 917. The second-order valence-electron chi connectivity index (χ2n) is 5.84. The molecule has 1 heterocycles. The Kier molecular flexibility index (Phi) is 4.84. The number of hydrazone groups is 1. The van der Waals surface area contributed by atoms with Gasteiger partial charge in [-0.15, -0.1) is 0 Å². The number of hydrogen-bond donors (Lipinski definition) is 1. The van der Waals surface area contributed by atoms with E-state index in [0.717, 1.165) is 11.3 Å². The van der Waals surface area contributed by atoms with Gasteiger partial charge < -0.3 is 0 Å². The molecule has 4 nitrogen and oxygen atoms in total. The van der Waals surface area contributed by atoms with Gasteiger partial charge >= 0.3 is 0 Å². The number of nitrogens with one attached hydrogen (secondary N) is 1. The second-order valence-corrected chi connectivity index (χ2v) is 5.84. The fourth-order valence-corrected chi connectivity index (χ4v) is 2.43. The Labute approximate surface area is 146 Å². The standard InChI is InChI=1S/C20H19FN4/c1-13-8-10-16(11-9-13)14(2)24-25-20-12-19(22-15(3)23-20)17-6-4-5-7-18(17)21/h4-12H,1-3H3,(H,22,23,25)/b24-14-. The summed E-state index contributed by atoms with van der Waals surface area (Å²) in [5.74, 6) is 0.759. The molecule has 0 bridgehead atoms. The van der Waals surface area contributed by atoms with Crippen LogP contribution >= 0.6 is 0 Å². The molecule has 0 spiro atoms. The Balaban J connectivity index is 1.87. The third-order valence-electron chi connectivity index (χ3n) is 3.80. The summed E-state index contributed by atoms with van der Waals surface area (Å²) in [5.41, 5.74) is 6.97. The van der Waals surface area contributed by atoms with E-state index < -0.39 is 0 Å². The number of nitrogens with zero attached hydrogens (tertiary/aromatic N) is 3. The van der Waals surface area contributed by atoms with E-state index in [1.165, 1.54) is 11.6 Å². The summed E-state index contributed by atoms with van der Waals surface area (Å²) in [6, 6.07) is 16.4. The van der Waals surface area contributed by atoms with Crippen LogP contribution in [-0.4, -0.2) is 15.7 Å². The molecule has 0 unspecified atom stereocenters. The summed E-state index contributed by atoms with van der Waals surface area (Å²) in [4.78, 5) is 8.64. The first-order valence-electron chi connectivity index (χ1n) is 8.01. The third kappa shape index (κ3) is 4.07. The Morgan fingerprint density at radius 1 is 1.00 bits per heavy atom. The van der Waals surface area contributed by atoms with Crippen LogP contribution in [-0.2, 0) is 0 Å². The molecular weight excluding hydrogens is 315 g/mol. The van der Waals surface area contributed by atoms with E-state index in [1.54, 1.807) is 31.2 Å². The van der Waals surface area contributed by atoms with Gasteiger partial charge in [0, 0.05) is 11.6 Å². The van der Waals surface area contributed by atoms with E-state index in [0.29, 0.717) is 22.9 Å². The zero-order chi connectivity index (χ0) is 17.8. The molecule has 0 saturated carbocycles. The minimum atomic E-state index is -0.314. The zero-order valence-corrected chi connectivity index (χ0v) is 14.4. The largest absolute Gasteiger partial charge is 0.261 e. The monoisotopic (exact) mass is 334 g/mol. The number of halogens is 1. The summed E-state index contributed by atoms with van der Waals surface area (Å²) >= 11 is 0. The van der Waals surface area contributed by atoms with E-state index in [4.69, 9.17) is 0 Å². The number of hydrogen-bond acceptors (Lipinski definition) is 4. The van der Waals surface area contributed by atoms with Crippen molar-refractivity contribution in [3.05, 3.63) is 77.4 Å². The number of aryl methyl sites for hydroxylation is 2. The molecule has 25 heavy (non-hydrogen) atoms. The molecule has 126 valence electrons. The SMILES string of the molecule is C/C(=N/Nc1cc(-c2ccccc2F)nc(C)n1)c1ccc(C)cc1. The Hall–Kier alpha value is -3.08. The van der Waals surface area contributed by atoms with Crippen molar-refractivity contribution in [1.29, 1.82) is 0 Å². The van der Waals surface area contributed by atoms with Crippen LogP contribution in [0, 0.1) is 19.7 Å². The number of aromatic nitrogens is 2. The van der Waals surface area contributed by atoms with Crippen molar-refractivity contribution >= 4 is 11.5 Å². The summed E-state index contributed by atoms with van der Waals surface area (Å²) in [6.07, 6.45) is 0. The molecule has 3 aromatic rings. The van der Waals surface area contributed by atoms with E-state index >= 15 is 0 Å². The van der Waals surface area contributed by atoms with Gasteiger partial charge in [-0.3, -0.25) is 5.43 Å². The second kappa shape index (κ2) is 7.21. The first-order chi connectivity index (χ1) is 12.0. The number of rotatable bonds is 4. The lowest BCUT2D eigenvalue weighted by Gasteiger charge is -2.08. The fraction of sp³-hybridized carbons (Fsp3) is 0.150. The van der Waals surface area contributed by atoms with E-state index in [1.807, 2.05) is 38.1 Å². The maximum atomic E-state index is 14.0. The molecule has 0 radical (unpaired) electrons. The topological polar surface area (TPSA) is 50.2 Å². The summed E-state index contributed by atoms with van der Waals surface area (Å²) in [5, 5.41) is 4.38. The van der Waals surface area contributed by atoms with Gasteiger partial charge in [0.25, 0.3) is 0 Å².